The highest BCUT2D eigenvalue weighted by Gasteiger charge is 2.48. The van der Waals surface area contributed by atoms with Gasteiger partial charge in [0.15, 0.2) is 0 Å². The highest BCUT2D eigenvalue weighted by Crippen LogP contribution is 2.47. The van der Waals surface area contributed by atoms with Crippen molar-refractivity contribution in [2.45, 2.75) is 38.6 Å². The molecule has 0 aromatic rings. The Labute approximate surface area is 91.2 Å². The van der Waals surface area contributed by atoms with E-state index in [1.165, 1.54) is 12.8 Å². The van der Waals surface area contributed by atoms with Gasteiger partial charge in [-0.1, -0.05) is 6.92 Å². The van der Waals surface area contributed by atoms with Gasteiger partial charge in [0.05, 0.1) is 0 Å². The molecule has 0 spiro atoms. The van der Waals surface area contributed by atoms with Crippen LogP contribution in [-0.2, 0) is 4.79 Å². The standard InChI is InChI=1S/C12H20N2O/c1-12(4-5-12)11(15)14-7-3-9-2-6-13-10(9)8-14/h9-10,13H,2-8H2,1H3/t9-,10+/m1/s1. The van der Waals surface area contributed by atoms with E-state index >= 15 is 0 Å². The van der Waals surface area contributed by atoms with Crippen LogP contribution in [0.25, 0.3) is 0 Å². The molecule has 0 bridgehead atoms. The molecular weight excluding hydrogens is 188 g/mol. The molecule has 1 N–H and O–H groups in total. The molecule has 3 nitrogen and oxygen atoms in total. The Bertz CT molecular complexity index is 285. The van der Waals surface area contributed by atoms with Crippen molar-refractivity contribution < 1.29 is 4.79 Å². The van der Waals surface area contributed by atoms with Gasteiger partial charge < -0.3 is 10.2 Å². The number of hydrogen-bond acceptors (Lipinski definition) is 2. The number of nitrogens with zero attached hydrogens (tertiary/aromatic N) is 1. The van der Waals surface area contributed by atoms with E-state index in [-0.39, 0.29) is 5.41 Å². The van der Waals surface area contributed by atoms with Crippen molar-refractivity contribution in [3.63, 3.8) is 0 Å². The Hall–Kier alpha value is -0.570. The third-order valence-corrected chi connectivity index (χ3v) is 4.48. The number of hydrogen-bond donors (Lipinski definition) is 1. The Morgan fingerprint density at radius 1 is 1.40 bits per heavy atom. The van der Waals surface area contributed by atoms with Gasteiger partial charge in [0.25, 0.3) is 0 Å². The summed E-state index contributed by atoms with van der Waals surface area (Å²) in [6, 6.07) is 0.588. The van der Waals surface area contributed by atoms with E-state index < -0.39 is 0 Å². The fourth-order valence-electron chi connectivity index (χ4n) is 3.00. The number of piperidine rings is 1. The van der Waals surface area contributed by atoms with E-state index in [1.54, 1.807) is 0 Å². The number of nitrogens with one attached hydrogen (secondary N) is 1. The van der Waals surface area contributed by atoms with Crippen LogP contribution in [-0.4, -0.2) is 36.5 Å². The second-order valence-electron chi connectivity index (χ2n) is 5.71. The van der Waals surface area contributed by atoms with E-state index in [1.807, 2.05) is 0 Å². The molecule has 0 unspecified atom stereocenters. The summed E-state index contributed by atoms with van der Waals surface area (Å²) in [6.07, 6.45) is 4.72. The summed E-state index contributed by atoms with van der Waals surface area (Å²) < 4.78 is 0. The molecular formula is C12H20N2O. The molecule has 15 heavy (non-hydrogen) atoms. The maximum Gasteiger partial charge on any atom is 0.228 e. The normalized spacial score (nSPS) is 37.5. The zero-order chi connectivity index (χ0) is 10.5. The lowest BCUT2D eigenvalue weighted by molar-refractivity contribution is -0.138. The summed E-state index contributed by atoms with van der Waals surface area (Å²) in [6.45, 7) is 5.22. The highest BCUT2D eigenvalue weighted by atomic mass is 16.2. The monoisotopic (exact) mass is 208 g/mol. The summed E-state index contributed by atoms with van der Waals surface area (Å²) in [5.41, 5.74) is 0.0193. The Morgan fingerprint density at radius 2 is 2.20 bits per heavy atom. The summed E-state index contributed by atoms with van der Waals surface area (Å²) in [7, 11) is 0. The maximum absolute atomic E-state index is 12.2. The molecule has 3 aliphatic rings. The average Bonchev–Trinajstić information content (AvgIpc) is 2.82. The van der Waals surface area contributed by atoms with Gasteiger partial charge in [-0.3, -0.25) is 4.79 Å². The molecule has 0 radical (unpaired) electrons. The van der Waals surface area contributed by atoms with Crippen LogP contribution < -0.4 is 5.32 Å². The SMILES string of the molecule is CC1(C(=O)N2CC[C@H]3CCN[C@H]3C2)CC1. The van der Waals surface area contributed by atoms with Crippen molar-refractivity contribution in [1.29, 1.82) is 0 Å². The van der Waals surface area contributed by atoms with Crippen LogP contribution in [0.2, 0.25) is 0 Å². The lowest BCUT2D eigenvalue weighted by Crippen LogP contribution is -2.50. The third kappa shape index (κ3) is 1.57. The molecule has 3 fully saturated rings. The Balaban J connectivity index is 1.66. The minimum Gasteiger partial charge on any atom is -0.341 e. The second kappa shape index (κ2) is 3.21. The van der Waals surface area contributed by atoms with Crippen LogP contribution in [0.15, 0.2) is 0 Å². The second-order valence-corrected chi connectivity index (χ2v) is 5.71. The van der Waals surface area contributed by atoms with Gasteiger partial charge in [0.1, 0.15) is 0 Å². The summed E-state index contributed by atoms with van der Waals surface area (Å²) in [5, 5.41) is 3.52. The molecule has 3 heteroatoms. The van der Waals surface area contributed by atoms with Crippen LogP contribution in [0.1, 0.15) is 32.6 Å². The minimum absolute atomic E-state index is 0.0193. The molecule has 1 aliphatic carbocycles. The van der Waals surface area contributed by atoms with Crippen molar-refractivity contribution in [3.05, 3.63) is 0 Å². The van der Waals surface area contributed by atoms with E-state index in [2.05, 4.69) is 17.1 Å². The highest BCUT2D eigenvalue weighted by molar-refractivity contribution is 5.85. The lowest BCUT2D eigenvalue weighted by Gasteiger charge is -2.36. The minimum atomic E-state index is 0.0193. The predicted molar refractivity (Wildman–Crippen MR) is 58.4 cm³/mol. The van der Waals surface area contributed by atoms with Gasteiger partial charge in [-0.25, -0.2) is 0 Å². The molecule has 2 saturated heterocycles. The van der Waals surface area contributed by atoms with Crippen LogP contribution >= 0.6 is 0 Å². The fraction of sp³-hybridized carbons (Fsp3) is 0.917. The van der Waals surface area contributed by atoms with Crippen molar-refractivity contribution >= 4 is 5.91 Å². The molecule has 1 amide bonds. The van der Waals surface area contributed by atoms with Crippen molar-refractivity contribution in [2.24, 2.45) is 11.3 Å². The van der Waals surface area contributed by atoms with Gasteiger partial charge in [0, 0.05) is 24.5 Å². The number of carbonyl (C=O) groups is 1. The molecule has 0 aromatic carbocycles. The van der Waals surface area contributed by atoms with Crippen LogP contribution in [0.5, 0.6) is 0 Å². The Kier molecular flexibility index (Phi) is 2.06. The topological polar surface area (TPSA) is 32.3 Å². The largest absolute Gasteiger partial charge is 0.341 e. The zero-order valence-corrected chi connectivity index (χ0v) is 9.46. The van der Waals surface area contributed by atoms with E-state index in [9.17, 15) is 4.79 Å². The summed E-state index contributed by atoms with van der Waals surface area (Å²) in [4.78, 5) is 14.3. The van der Waals surface area contributed by atoms with Crippen molar-refractivity contribution in [1.82, 2.24) is 10.2 Å². The van der Waals surface area contributed by atoms with E-state index in [0.29, 0.717) is 11.9 Å². The predicted octanol–water partition coefficient (Wildman–Crippen LogP) is 0.997. The lowest BCUT2D eigenvalue weighted by atomic mass is 9.91. The number of likely N-dealkylation sites (tertiary alicyclic amines) is 1. The smallest absolute Gasteiger partial charge is 0.228 e. The van der Waals surface area contributed by atoms with E-state index in [4.69, 9.17) is 0 Å². The Morgan fingerprint density at radius 3 is 2.93 bits per heavy atom. The molecule has 2 aliphatic heterocycles. The molecule has 2 atom stereocenters. The number of carbonyl (C=O) groups excluding carboxylic acids is 1. The molecule has 2 heterocycles. The molecule has 1 saturated carbocycles. The zero-order valence-electron chi connectivity index (χ0n) is 9.46. The molecule has 0 aromatic heterocycles. The maximum atomic E-state index is 12.2. The molecule has 84 valence electrons. The first-order valence-electron chi connectivity index (χ1n) is 6.22. The average molecular weight is 208 g/mol. The first kappa shape index (κ1) is 9.64. The van der Waals surface area contributed by atoms with Gasteiger partial charge in [-0.2, -0.15) is 0 Å². The van der Waals surface area contributed by atoms with Crippen molar-refractivity contribution in [2.75, 3.05) is 19.6 Å². The first-order chi connectivity index (χ1) is 7.19. The van der Waals surface area contributed by atoms with E-state index in [0.717, 1.165) is 38.4 Å². The summed E-state index contributed by atoms with van der Waals surface area (Å²) in [5.74, 6) is 1.25. The van der Waals surface area contributed by atoms with Gasteiger partial charge >= 0.3 is 0 Å². The van der Waals surface area contributed by atoms with Gasteiger partial charge in [0.2, 0.25) is 5.91 Å². The van der Waals surface area contributed by atoms with Crippen LogP contribution in [0, 0.1) is 11.3 Å². The third-order valence-electron chi connectivity index (χ3n) is 4.48. The summed E-state index contributed by atoms with van der Waals surface area (Å²) >= 11 is 0. The molecule has 3 rings (SSSR count). The first-order valence-corrected chi connectivity index (χ1v) is 6.22. The quantitative estimate of drug-likeness (QED) is 0.697. The van der Waals surface area contributed by atoms with Crippen LogP contribution in [0.4, 0.5) is 0 Å². The fourth-order valence-corrected chi connectivity index (χ4v) is 3.00. The number of amides is 1. The number of rotatable bonds is 1. The van der Waals surface area contributed by atoms with Crippen LogP contribution in [0.3, 0.4) is 0 Å². The number of fused-ring (bicyclic) bond motifs is 1. The van der Waals surface area contributed by atoms with Gasteiger partial charge in [-0.05, 0) is 38.1 Å². The van der Waals surface area contributed by atoms with Gasteiger partial charge in [-0.15, -0.1) is 0 Å². The van der Waals surface area contributed by atoms with Crippen molar-refractivity contribution in [3.8, 4) is 0 Å².